The number of halogens is 3. The van der Waals surface area contributed by atoms with Crippen molar-refractivity contribution < 1.29 is 22.7 Å². The molecular weight excluding hydrogens is 259 g/mol. The Kier molecular flexibility index (Phi) is 4.12. The third-order valence-electron chi connectivity index (χ3n) is 2.19. The van der Waals surface area contributed by atoms with Crippen LogP contribution in [0.15, 0.2) is 18.2 Å². The molecule has 0 saturated carbocycles. The second-order valence-electron chi connectivity index (χ2n) is 5.15. The number of ether oxygens (including phenoxy) is 1. The molecule has 0 unspecified atom stereocenters. The molecule has 0 fully saturated rings. The average molecular weight is 275 g/mol. The normalized spacial score (nSPS) is 12.2. The fourth-order valence-corrected chi connectivity index (χ4v) is 1.39. The lowest BCUT2D eigenvalue weighted by atomic mass is 10.1. The van der Waals surface area contributed by atoms with Gasteiger partial charge in [-0.05, 0) is 51.5 Å². The van der Waals surface area contributed by atoms with Gasteiger partial charge in [-0.1, -0.05) is 0 Å². The highest BCUT2D eigenvalue weighted by Crippen LogP contribution is 2.31. The molecule has 1 amide bonds. The van der Waals surface area contributed by atoms with Crippen molar-refractivity contribution in [2.24, 2.45) is 0 Å². The molecule has 0 spiro atoms. The van der Waals surface area contributed by atoms with Crippen LogP contribution in [0.4, 0.5) is 23.7 Å². The van der Waals surface area contributed by atoms with Crippen molar-refractivity contribution in [3.8, 4) is 0 Å². The average Bonchev–Trinajstić information content (AvgIpc) is 2.16. The van der Waals surface area contributed by atoms with Crippen molar-refractivity contribution >= 4 is 11.8 Å². The van der Waals surface area contributed by atoms with Crippen LogP contribution >= 0.6 is 0 Å². The van der Waals surface area contributed by atoms with Gasteiger partial charge in [0.05, 0.1) is 5.56 Å². The van der Waals surface area contributed by atoms with Crippen molar-refractivity contribution in [1.82, 2.24) is 0 Å². The Morgan fingerprint density at radius 3 is 2.21 bits per heavy atom. The van der Waals surface area contributed by atoms with Gasteiger partial charge in [-0.15, -0.1) is 0 Å². The molecule has 1 N–H and O–H groups in total. The van der Waals surface area contributed by atoms with Crippen LogP contribution in [0.25, 0.3) is 0 Å². The van der Waals surface area contributed by atoms with Gasteiger partial charge in [0.2, 0.25) is 0 Å². The molecule has 0 atom stereocenters. The van der Waals surface area contributed by atoms with Gasteiger partial charge in [-0.2, -0.15) is 13.2 Å². The van der Waals surface area contributed by atoms with Gasteiger partial charge >= 0.3 is 12.3 Å². The minimum absolute atomic E-state index is 0.294. The van der Waals surface area contributed by atoms with Crippen molar-refractivity contribution in [3.63, 3.8) is 0 Å². The van der Waals surface area contributed by atoms with E-state index in [0.717, 1.165) is 12.1 Å². The van der Waals surface area contributed by atoms with Gasteiger partial charge in [0.25, 0.3) is 0 Å². The van der Waals surface area contributed by atoms with E-state index in [9.17, 15) is 18.0 Å². The molecule has 19 heavy (non-hydrogen) atoms. The van der Waals surface area contributed by atoms with Crippen molar-refractivity contribution in [2.75, 3.05) is 5.32 Å². The van der Waals surface area contributed by atoms with Crippen LogP contribution < -0.4 is 5.32 Å². The van der Waals surface area contributed by atoms with Gasteiger partial charge in [0.1, 0.15) is 5.60 Å². The fourth-order valence-electron chi connectivity index (χ4n) is 1.39. The van der Waals surface area contributed by atoms with E-state index in [1.165, 1.54) is 13.0 Å². The van der Waals surface area contributed by atoms with Gasteiger partial charge in [-0.25, -0.2) is 4.79 Å². The summed E-state index contributed by atoms with van der Waals surface area (Å²) in [6.45, 7) is 6.59. The van der Waals surface area contributed by atoms with Crippen LogP contribution in [0.1, 0.15) is 31.9 Å². The molecule has 0 heterocycles. The van der Waals surface area contributed by atoms with Gasteiger partial charge in [0, 0.05) is 5.69 Å². The van der Waals surface area contributed by atoms with Crippen molar-refractivity contribution in [1.29, 1.82) is 0 Å². The van der Waals surface area contributed by atoms with E-state index in [2.05, 4.69) is 5.32 Å². The second kappa shape index (κ2) is 5.11. The first-order valence-corrected chi connectivity index (χ1v) is 5.67. The molecule has 0 aromatic heterocycles. The number of rotatable bonds is 1. The Morgan fingerprint density at radius 1 is 1.21 bits per heavy atom. The van der Waals surface area contributed by atoms with E-state index in [0.29, 0.717) is 11.3 Å². The maximum Gasteiger partial charge on any atom is 0.416 e. The van der Waals surface area contributed by atoms with E-state index < -0.39 is 23.4 Å². The predicted molar refractivity (Wildman–Crippen MR) is 66.0 cm³/mol. The predicted octanol–water partition coefficient (Wildman–Crippen LogP) is 4.36. The molecule has 3 nitrogen and oxygen atoms in total. The first-order valence-electron chi connectivity index (χ1n) is 5.67. The maximum atomic E-state index is 12.5. The number of carbonyl (C=O) groups excluding carboxylic acids is 1. The molecular formula is C13H16F3NO2. The van der Waals surface area contributed by atoms with Crippen LogP contribution in [0.5, 0.6) is 0 Å². The monoisotopic (exact) mass is 275 g/mol. The van der Waals surface area contributed by atoms with E-state index in [1.54, 1.807) is 20.8 Å². The van der Waals surface area contributed by atoms with Crippen molar-refractivity contribution in [2.45, 2.75) is 39.5 Å². The number of hydrogen-bond acceptors (Lipinski definition) is 2. The molecule has 106 valence electrons. The summed E-state index contributed by atoms with van der Waals surface area (Å²) in [5.74, 6) is 0. The summed E-state index contributed by atoms with van der Waals surface area (Å²) in [5, 5.41) is 2.42. The number of carbonyl (C=O) groups is 1. The smallest absolute Gasteiger partial charge is 0.416 e. The third-order valence-corrected chi connectivity index (χ3v) is 2.19. The van der Waals surface area contributed by atoms with Gasteiger partial charge in [0.15, 0.2) is 0 Å². The first-order chi connectivity index (χ1) is 8.49. The van der Waals surface area contributed by atoms with Crippen molar-refractivity contribution in [3.05, 3.63) is 29.3 Å². The zero-order chi connectivity index (χ0) is 14.8. The molecule has 0 saturated heterocycles. The number of amides is 1. The summed E-state index contributed by atoms with van der Waals surface area (Å²) in [7, 11) is 0. The minimum Gasteiger partial charge on any atom is -0.444 e. The number of alkyl halides is 3. The zero-order valence-corrected chi connectivity index (χ0v) is 11.2. The Morgan fingerprint density at radius 2 is 1.79 bits per heavy atom. The molecule has 1 aromatic rings. The molecule has 0 radical (unpaired) electrons. The molecule has 0 aliphatic heterocycles. The molecule has 1 rings (SSSR count). The van der Waals surface area contributed by atoms with Gasteiger partial charge in [-0.3, -0.25) is 5.32 Å². The topological polar surface area (TPSA) is 38.3 Å². The highest BCUT2D eigenvalue weighted by Gasteiger charge is 2.30. The standard InChI is InChI=1S/C13H16F3NO2/c1-8-7-9(13(14,15)16)5-6-10(8)17-11(18)19-12(2,3)4/h5-7H,1-4H3,(H,17,18). The van der Waals surface area contributed by atoms with Crippen LogP contribution in [0, 0.1) is 6.92 Å². The maximum absolute atomic E-state index is 12.5. The van der Waals surface area contributed by atoms with E-state index in [-0.39, 0.29) is 0 Å². The molecule has 0 aliphatic rings. The number of hydrogen-bond donors (Lipinski definition) is 1. The van der Waals surface area contributed by atoms with E-state index >= 15 is 0 Å². The molecule has 6 heteroatoms. The Bertz CT molecular complexity index is 476. The lowest BCUT2D eigenvalue weighted by Crippen LogP contribution is -2.27. The lowest BCUT2D eigenvalue weighted by molar-refractivity contribution is -0.137. The lowest BCUT2D eigenvalue weighted by Gasteiger charge is -2.20. The summed E-state index contributed by atoms with van der Waals surface area (Å²) in [6.07, 6.45) is -5.09. The van der Waals surface area contributed by atoms with Crippen LogP contribution in [0.3, 0.4) is 0 Å². The zero-order valence-electron chi connectivity index (χ0n) is 11.2. The third kappa shape index (κ3) is 4.81. The second-order valence-corrected chi connectivity index (χ2v) is 5.15. The summed E-state index contributed by atoms with van der Waals surface area (Å²) >= 11 is 0. The number of anilines is 1. The number of nitrogens with one attached hydrogen (secondary N) is 1. The Labute approximate surface area is 109 Å². The SMILES string of the molecule is Cc1cc(C(F)(F)F)ccc1NC(=O)OC(C)(C)C. The minimum atomic E-state index is -4.39. The van der Waals surface area contributed by atoms with Gasteiger partial charge < -0.3 is 4.74 Å². The summed E-state index contributed by atoms with van der Waals surface area (Å²) in [4.78, 5) is 11.5. The summed E-state index contributed by atoms with van der Waals surface area (Å²) in [5.41, 5.74) is -0.799. The largest absolute Gasteiger partial charge is 0.444 e. The summed E-state index contributed by atoms with van der Waals surface area (Å²) in [6, 6.07) is 3.11. The number of aryl methyl sites for hydroxylation is 1. The van der Waals surface area contributed by atoms with Crippen LogP contribution in [-0.4, -0.2) is 11.7 Å². The summed E-state index contributed by atoms with van der Waals surface area (Å²) < 4.78 is 42.4. The molecule has 1 aromatic carbocycles. The quantitative estimate of drug-likeness (QED) is 0.827. The van der Waals surface area contributed by atoms with Crippen LogP contribution in [-0.2, 0) is 10.9 Å². The highest BCUT2D eigenvalue weighted by molar-refractivity contribution is 5.85. The first kappa shape index (κ1) is 15.3. The number of benzene rings is 1. The fraction of sp³-hybridized carbons (Fsp3) is 0.462. The molecule has 0 bridgehead atoms. The Balaban J connectivity index is 2.84. The van der Waals surface area contributed by atoms with Crippen LogP contribution in [0.2, 0.25) is 0 Å². The van der Waals surface area contributed by atoms with E-state index in [4.69, 9.17) is 4.74 Å². The highest BCUT2D eigenvalue weighted by atomic mass is 19.4. The Hall–Kier alpha value is -1.72. The van der Waals surface area contributed by atoms with E-state index in [1.807, 2.05) is 0 Å². The molecule has 0 aliphatic carbocycles.